The highest BCUT2D eigenvalue weighted by Crippen LogP contribution is 2.23. The molecule has 4 N–H and O–H groups in total. The molecule has 0 bridgehead atoms. The van der Waals surface area contributed by atoms with Crippen LogP contribution in [0.5, 0.6) is 0 Å². The second kappa shape index (κ2) is 6.93. The average Bonchev–Trinajstić information content (AvgIpc) is 3.14. The van der Waals surface area contributed by atoms with Crippen molar-refractivity contribution in [2.24, 2.45) is 0 Å². The van der Waals surface area contributed by atoms with Gasteiger partial charge in [0.15, 0.2) is 0 Å². The predicted octanol–water partition coefficient (Wildman–Crippen LogP) is 0.858. The Labute approximate surface area is 149 Å². The van der Waals surface area contributed by atoms with Gasteiger partial charge in [-0.05, 0) is 47.9 Å². The van der Waals surface area contributed by atoms with E-state index in [1.165, 1.54) is 0 Å². The molecule has 0 saturated heterocycles. The number of aromatic amines is 1. The molecule has 3 aromatic rings. The molecule has 8 heteroatoms. The zero-order valence-corrected chi connectivity index (χ0v) is 14.0. The first-order valence-electron chi connectivity index (χ1n) is 8.41. The van der Waals surface area contributed by atoms with Crippen molar-refractivity contribution >= 4 is 28.5 Å². The molecule has 2 amide bonds. The minimum Gasteiger partial charge on any atom is -0.344 e. The zero-order valence-electron chi connectivity index (χ0n) is 14.0. The van der Waals surface area contributed by atoms with Crippen LogP contribution >= 0.6 is 0 Å². The Bertz CT molecular complexity index is 981. The van der Waals surface area contributed by atoms with Gasteiger partial charge in [0.05, 0.1) is 0 Å². The Kier molecular flexibility index (Phi) is 4.32. The fourth-order valence-corrected chi connectivity index (χ4v) is 3.09. The van der Waals surface area contributed by atoms with Gasteiger partial charge in [-0.25, -0.2) is 0 Å². The van der Waals surface area contributed by atoms with Gasteiger partial charge < -0.3 is 16.0 Å². The molecule has 132 valence electrons. The number of rotatable bonds is 3. The molecule has 0 radical (unpaired) electrons. The Hall–Kier alpha value is -3.26. The minimum absolute atomic E-state index is 0.242. The maximum atomic E-state index is 12.2. The van der Waals surface area contributed by atoms with E-state index in [0.717, 1.165) is 41.7 Å². The highest BCUT2D eigenvalue weighted by atomic mass is 16.2. The fraction of sp³-hybridized carbons (Fsp3) is 0.222. The number of carbonyl (C=O) groups is 2. The molecule has 1 aliphatic heterocycles. The summed E-state index contributed by atoms with van der Waals surface area (Å²) >= 11 is 0. The lowest BCUT2D eigenvalue weighted by molar-refractivity contribution is -0.136. The summed E-state index contributed by atoms with van der Waals surface area (Å²) in [5.74, 6) is -1.34. The number of amides is 2. The van der Waals surface area contributed by atoms with Crippen LogP contribution in [0.4, 0.5) is 5.69 Å². The van der Waals surface area contributed by atoms with Crippen molar-refractivity contribution in [1.82, 2.24) is 26.0 Å². The molecule has 26 heavy (non-hydrogen) atoms. The summed E-state index contributed by atoms with van der Waals surface area (Å²) in [6.45, 7) is 1.87. The van der Waals surface area contributed by atoms with E-state index in [-0.39, 0.29) is 6.54 Å². The van der Waals surface area contributed by atoms with Crippen LogP contribution in [0.3, 0.4) is 0 Å². The first-order chi connectivity index (χ1) is 12.7. The maximum absolute atomic E-state index is 12.2. The van der Waals surface area contributed by atoms with Crippen LogP contribution in [-0.2, 0) is 29.1 Å². The highest BCUT2D eigenvalue weighted by molar-refractivity contribution is 6.39. The van der Waals surface area contributed by atoms with Crippen LogP contribution in [0.1, 0.15) is 16.7 Å². The van der Waals surface area contributed by atoms with E-state index in [9.17, 15) is 9.59 Å². The smallest absolute Gasteiger partial charge is 0.313 e. The van der Waals surface area contributed by atoms with Crippen molar-refractivity contribution in [1.29, 1.82) is 0 Å². The monoisotopic (exact) mass is 350 g/mol. The van der Waals surface area contributed by atoms with Crippen LogP contribution in [-0.4, -0.2) is 33.8 Å². The first kappa shape index (κ1) is 16.2. The van der Waals surface area contributed by atoms with Crippen LogP contribution in [0.15, 0.2) is 36.4 Å². The van der Waals surface area contributed by atoms with Gasteiger partial charge >= 0.3 is 11.8 Å². The summed E-state index contributed by atoms with van der Waals surface area (Å²) in [5, 5.41) is 19.2. The number of aromatic nitrogens is 3. The maximum Gasteiger partial charge on any atom is 0.313 e. The molecule has 0 atom stereocenters. The first-order valence-corrected chi connectivity index (χ1v) is 8.41. The van der Waals surface area contributed by atoms with Gasteiger partial charge in [0.25, 0.3) is 0 Å². The van der Waals surface area contributed by atoms with E-state index in [4.69, 9.17) is 0 Å². The van der Waals surface area contributed by atoms with E-state index in [2.05, 4.69) is 31.4 Å². The molecule has 0 aliphatic carbocycles. The third-order valence-electron chi connectivity index (χ3n) is 4.43. The van der Waals surface area contributed by atoms with Crippen molar-refractivity contribution in [3.8, 4) is 0 Å². The molecule has 8 nitrogen and oxygen atoms in total. The van der Waals surface area contributed by atoms with E-state index in [1.807, 2.05) is 36.4 Å². The summed E-state index contributed by atoms with van der Waals surface area (Å²) in [6, 6.07) is 11.2. The lowest BCUT2D eigenvalue weighted by atomic mass is 9.99. The van der Waals surface area contributed by atoms with Gasteiger partial charge in [-0.3, -0.25) is 9.59 Å². The molecule has 0 saturated carbocycles. The lowest BCUT2D eigenvalue weighted by Gasteiger charge is -2.20. The predicted molar refractivity (Wildman–Crippen MR) is 96.2 cm³/mol. The van der Waals surface area contributed by atoms with Crippen molar-refractivity contribution in [2.45, 2.75) is 19.5 Å². The standard InChI is InChI=1S/C18H18N6O2/c25-17(20-9-11-4-5-15-16(8-11)23-24-22-15)18(26)21-14-3-1-2-12-10-19-7-6-13(12)14/h1-5,8,19H,6-7,9-10H2,(H,20,25)(H,21,26)(H,22,23,24). The van der Waals surface area contributed by atoms with Gasteiger partial charge in [0.1, 0.15) is 11.0 Å². The molecular formula is C18H18N6O2. The van der Waals surface area contributed by atoms with Crippen molar-refractivity contribution in [2.75, 3.05) is 11.9 Å². The summed E-state index contributed by atoms with van der Waals surface area (Å²) in [7, 11) is 0. The summed E-state index contributed by atoms with van der Waals surface area (Å²) in [5.41, 5.74) is 5.25. The fourth-order valence-electron chi connectivity index (χ4n) is 3.09. The molecule has 4 rings (SSSR count). The van der Waals surface area contributed by atoms with E-state index in [1.54, 1.807) is 0 Å². The largest absolute Gasteiger partial charge is 0.344 e. The van der Waals surface area contributed by atoms with Crippen molar-refractivity contribution in [3.63, 3.8) is 0 Å². The van der Waals surface area contributed by atoms with Gasteiger partial charge in [-0.2, -0.15) is 15.4 Å². The van der Waals surface area contributed by atoms with E-state index in [0.29, 0.717) is 11.2 Å². The van der Waals surface area contributed by atoms with Gasteiger partial charge in [0, 0.05) is 18.8 Å². The zero-order chi connectivity index (χ0) is 17.9. The van der Waals surface area contributed by atoms with Crippen molar-refractivity contribution in [3.05, 3.63) is 53.1 Å². The normalized spacial score (nSPS) is 13.2. The van der Waals surface area contributed by atoms with Crippen LogP contribution in [0, 0.1) is 0 Å². The van der Waals surface area contributed by atoms with Crippen LogP contribution < -0.4 is 16.0 Å². The third kappa shape index (κ3) is 3.27. The Morgan fingerprint density at radius 3 is 2.88 bits per heavy atom. The molecule has 1 aromatic heterocycles. The third-order valence-corrected chi connectivity index (χ3v) is 4.43. The van der Waals surface area contributed by atoms with Gasteiger partial charge in [-0.15, -0.1) is 0 Å². The van der Waals surface area contributed by atoms with Gasteiger partial charge in [-0.1, -0.05) is 18.2 Å². The number of carbonyl (C=O) groups excluding carboxylic acids is 2. The summed E-state index contributed by atoms with van der Waals surface area (Å²) < 4.78 is 0. The Morgan fingerprint density at radius 2 is 1.96 bits per heavy atom. The lowest BCUT2D eigenvalue weighted by Crippen LogP contribution is -2.35. The average molecular weight is 350 g/mol. The summed E-state index contributed by atoms with van der Waals surface area (Å²) in [6.07, 6.45) is 0.825. The van der Waals surface area contributed by atoms with Crippen LogP contribution in [0.25, 0.3) is 11.0 Å². The number of nitrogens with zero attached hydrogens (tertiary/aromatic N) is 2. The second-order valence-corrected chi connectivity index (χ2v) is 6.15. The second-order valence-electron chi connectivity index (χ2n) is 6.15. The quantitative estimate of drug-likeness (QED) is 0.524. The molecular weight excluding hydrogens is 332 g/mol. The number of nitrogens with one attached hydrogen (secondary N) is 4. The van der Waals surface area contributed by atoms with Crippen LogP contribution in [0.2, 0.25) is 0 Å². The van der Waals surface area contributed by atoms with Crippen molar-refractivity contribution < 1.29 is 9.59 Å². The molecule has 0 fully saturated rings. The van der Waals surface area contributed by atoms with E-state index >= 15 is 0 Å². The number of benzene rings is 2. The Balaban J connectivity index is 1.39. The number of hydrogen-bond acceptors (Lipinski definition) is 5. The minimum atomic E-state index is -0.670. The molecule has 0 unspecified atom stereocenters. The molecule has 2 heterocycles. The molecule has 0 spiro atoms. The van der Waals surface area contributed by atoms with Gasteiger partial charge in [0.2, 0.25) is 0 Å². The summed E-state index contributed by atoms with van der Waals surface area (Å²) in [4.78, 5) is 24.4. The molecule has 1 aliphatic rings. The topological polar surface area (TPSA) is 112 Å². The highest BCUT2D eigenvalue weighted by Gasteiger charge is 2.18. The molecule has 2 aromatic carbocycles. The number of anilines is 1. The SMILES string of the molecule is O=C(NCc1ccc2n[nH]nc2c1)C(=O)Nc1cccc2c1CCNC2. The number of fused-ring (bicyclic) bond motifs is 2. The Morgan fingerprint density at radius 1 is 1.08 bits per heavy atom. The van der Waals surface area contributed by atoms with E-state index < -0.39 is 11.8 Å². The number of hydrogen-bond donors (Lipinski definition) is 4. The number of H-pyrrole nitrogens is 1.